The van der Waals surface area contributed by atoms with Gasteiger partial charge in [-0.05, 0) is 87.4 Å². The number of fused-ring (bicyclic) bond motifs is 1. The number of rotatable bonds is 7. The molecule has 3 aromatic carbocycles. The average Bonchev–Trinajstić information content (AvgIpc) is 3.50. The maximum absolute atomic E-state index is 13.3. The van der Waals surface area contributed by atoms with Crippen LogP contribution in [-0.2, 0) is 4.79 Å². The Balaban J connectivity index is 1.37. The Morgan fingerprint density at radius 3 is 2.29 bits per heavy atom. The molecule has 0 aliphatic heterocycles. The maximum Gasteiger partial charge on any atom is 0.259 e. The first-order valence-electron chi connectivity index (χ1n) is 12.8. The molecule has 3 amide bonds. The molecule has 0 unspecified atom stereocenters. The SMILES string of the molecule is Cc1cc(NC(=O)C(C)(C)NC(=O)c2cccc(-c3ccc4oc(C)c(C(=O)Nc5ccc(F)cc5)c4c3)c2)on1. The van der Waals surface area contributed by atoms with E-state index >= 15 is 0 Å². The zero-order chi connectivity index (χ0) is 29.3. The van der Waals surface area contributed by atoms with E-state index in [1.165, 1.54) is 24.3 Å². The molecule has 2 heterocycles. The molecule has 0 spiro atoms. The summed E-state index contributed by atoms with van der Waals surface area (Å²) >= 11 is 0. The monoisotopic (exact) mass is 554 g/mol. The van der Waals surface area contributed by atoms with Crippen LogP contribution in [0.25, 0.3) is 22.1 Å². The number of carbonyl (C=O) groups excluding carboxylic acids is 3. The second-order valence-electron chi connectivity index (χ2n) is 10.2. The summed E-state index contributed by atoms with van der Waals surface area (Å²) in [5.41, 5.74) is 2.51. The lowest BCUT2D eigenvalue weighted by molar-refractivity contribution is -0.121. The minimum absolute atomic E-state index is 0.187. The number of furan rings is 1. The van der Waals surface area contributed by atoms with Crippen molar-refractivity contribution in [1.29, 1.82) is 0 Å². The third kappa shape index (κ3) is 5.86. The van der Waals surface area contributed by atoms with Crippen molar-refractivity contribution in [1.82, 2.24) is 10.5 Å². The molecule has 0 bridgehead atoms. The van der Waals surface area contributed by atoms with Crippen molar-refractivity contribution in [3.05, 3.63) is 101 Å². The normalized spacial score (nSPS) is 11.3. The minimum atomic E-state index is -1.26. The van der Waals surface area contributed by atoms with Crippen molar-refractivity contribution in [2.24, 2.45) is 0 Å². The van der Waals surface area contributed by atoms with Gasteiger partial charge >= 0.3 is 0 Å². The minimum Gasteiger partial charge on any atom is -0.461 e. The van der Waals surface area contributed by atoms with Gasteiger partial charge in [0.25, 0.3) is 17.7 Å². The van der Waals surface area contributed by atoms with E-state index in [-0.39, 0.29) is 11.8 Å². The molecule has 0 saturated carbocycles. The lowest BCUT2D eigenvalue weighted by Gasteiger charge is -2.24. The molecule has 0 radical (unpaired) electrons. The molecule has 5 rings (SSSR count). The third-order valence-corrected chi connectivity index (χ3v) is 6.51. The van der Waals surface area contributed by atoms with Crippen molar-refractivity contribution >= 4 is 40.3 Å². The van der Waals surface area contributed by atoms with Crippen LogP contribution < -0.4 is 16.0 Å². The molecule has 5 aromatic rings. The number of anilines is 2. The number of aromatic nitrogens is 1. The number of nitrogens with one attached hydrogen (secondary N) is 3. The quantitative estimate of drug-likeness (QED) is 0.219. The number of amides is 3. The molecule has 10 heteroatoms. The van der Waals surface area contributed by atoms with Gasteiger partial charge in [-0.15, -0.1) is 0 Å². The highest BCUT2D eigenvalue weighted by Gasteiger charge is 2.31. The third-order valence-electron chi connectivity index (χ3n) is 6.51. The Labute approximate surface area is 234 Å². The van der Waals surface area contributed by atoms with Crippen molar-refractivity contribution < 1.29 is 27.7 Å². The van der Waals surface area contributed by atoms with Crippen molar-refractivity contribution in [3.63, 3.8) is 0 Å². The van der Waals surface area contributed by atoms with E-state index in [2.05, 4.69) is 21.1 Å². The largest absolute Gasteiger partial charge is 0.461 e. The number of aryl methyl sites for hydroxylation is 2. The van der Waals surface area contributed by atoms with E-state index in [0.29, 0.717) is 39.2 Å². The number of hydrogen-bond acceptors (Lipinski definition) is 6. The standard InChI is InChI=1S/C31H27FN4O5/c1-17-14-26(41-36-17)34-30(39)31(3,4)35-28(37)21-7-5-6-19(15-21)20-8-13-25-24(16-20)27(18(2)40-25)29(38)33-23-11-9-22(32)10-12-23/h5-16H,1-4H3,(H,33,38)(H,34,39)(H,35,37). The Hall–Kier alpha value is -5.25. The summed E-state index contributed by atoms with van der Waals surface area (Å²) in [7, 11) is 0. The molecule has 0 fully saturated rings. The van der Waals surface area contributed by atoms with E-state index in [9.17, 15) is 18.8 Å². The van der Waals surface area contributed by atoms with Gasteiger partial charge in [-0.3, -0.25) is 19.7 Å². The zero-order valence-corrected chi connectivity index (χ0v) is 22.8. The summed E-state index contributed by atoms with van der Waals surface area (Å²) in [6.07, 6.45) is 0. The van der Waals surface area contributed by atoms with Crippen LogP contribution in [-0.4, -0.2) is 28.4 Å². The van der Waals surface area contributed by atoms with Crippen molar-refractivity contribution in [2.75, 3.05) is 10.6 Å². The highest BCUT2D eigenvalue weighted by molar-refractivity contribution is 6.14. The maximum atomic E-state index is 13.3. The molecule has 0 atom stereocenters. The summed E-state index contributed by atoms with van der Waals surface area (Å²) in [4.78, 5) is 39.0. The van der Waals surface area contributed by atoms with E-state index in [1.54, 1.807) is 58.0 Å². The van der Waals surface area contributed by atoms with Crippen LogP contribution >= 0.6 is 0 Å². The number of nitrogens with zero attached hydrogens (tertiary/aromatic N) is 1. The van der Waals surface area contributed by atoms with Gasteiger partial charge in [0.1, 0.15) is 22.7 Å². The van der Waals surface area contributed by atoms with Gasteiger partial charge in [0.15, 0.2) is 0 Å². The Morgan fingerprint density at radius 2 is 1.59 bits per heavy atom. The first-order chi connectivity index (χ1) is 19.5. The molecular formula is C31H27FN4O5. The molecule has 2 aromatic heterocycles. The van der Waals surface area contributed by atoms with Gasteiger partial charge in [0.05, 0.1) is 11.3 Å². The Kier molecular flexibility index (Phi) is 7.15. The molecule has 0 aliphatic rings. The van der Waals surface area contributed by atoms with Crippen LogP contribution in [0, 0.1) is 19.7 Å². The van der Waals surface area contributed by atoms with Crippen LogP contribution in [0.3, 0.4) is 0 Å². The van der Waals surface area contributed by atoms with Gasteiger partial charge in [0, 0.05) is 22.7 Å². The zero-order valence-electron chi connectivity index (χ0n) is 22.8. The van der Waals surface area contributed by atoms with Gasteiger partial charge < -0.3 is 19.6 Å². The van der Waals surface area contributed by atoms with E-state index in [0.717, 1.165) is 11.1 Å². The van der Waals surface area contributed by atoms with Crippen molar-refractivity contribution in [2.45, 2.75) is 33.2 Å². The summed E-state index contributed by atoms with van der Waals surface area (Å²) in [5.74, 6) is -1.08. The Morgan fingerprint density at radius 1 is 0.854 bits per heavy atom. The number of halogens is 1. The van der Waals surface area contributed by atoms with Crippen LogP contribution in [0.1, 0.15) is 46.0 Å². The fourth-order valence-corrected chi connectivity index (χ4v) is 4.35. The predicted molar refractivity (Wildman–Crippen MR) is 152 cm³/mol. The van der Waals surface area contributed by atoms with Crippen LogP contribution in [0.2, 0.25) is 0 Å². The first kappa shape index (κ1) is 27.3. The summed E-state index contributed by atoms with van der Waals surface area (Å²) < 4.78 is 24.1. The molecule has 0 aliphatic carbocycles. The number of benzene rings is 3. The lowest BCUT2D eigenvalue weighted by Crippen LogP contribution is -2.52. The fourth-order valence-electron chi connectivity index (χ4n) is 4.35. The second-order valence-corrected chi connectivity index (χ2v) is 10.2. The van der Waals surface area contributed by atoms with Crippen LogP contribution in [0.4, 0.5) is 16.0 Å². The average molecular weight is 555 g/mol. The number of hydrogen-bond donors (Lipinski definition) is 3. The Bertz CT molecular complexity index is 1790. The van der Waals surface area contributed by atoms with E-state index < -0.39 is 23.2 Å². The molecule has 3 N–H and O–H groups in total. The lowest BCUT2D eigenvalue weighted by atomic mass is 9.99. The molecular weight excluding hydrogens is 527 g/mol. The molecule has 208 valence electrons. The van der Waals surface area contributed by atoms with Gasteiger partial charge in [-0.2, -0.15) is 0 Å². The summed E-state index contributed by atoms with van der Waals surface area (Å²) in [6, 6.07) is 19.4. The number of carbonyl (C=O) groups is 3. The van der Waals surface area contributed by atoms with Crippen LogP contribution in [0.15, 0.2) is 81.7 Å². The molecule has 41 heavy (non-hydrogen) atoms. The second kappa shape index (κ2) is 10.7. The van der Waals surface area contributed by atoms with Gasteiger partial charge in [-0.25, -0.2) is 4.39 Å². The molecule has 0 saturated heterocycles. The highest BCUT2D eigenvalue weighted by Crippen LogP contribution is 2.31. The smallest absolute Gasteiger partial charge is 0.259 e. The summed E-state index contributed by atoms with van der Waals surface area (Å²) in [6.45, 7) is 6.60. The topological polar surface area (TPSA) is 126 Å². The summed E-state index contributed by atoms with van der Waals surface area (Å²) in [5, 5.41) is 12.5. The van der Waals surface area contributed by atoms with Crippen LogP contribution in [0.5, 0.6) is 0 Å². The first-order valence-corrected chi connectivity index (χ1v) is 12.8. The highest BCUT2D eigenvalue weighted by atomic mass is 19.1. The van der Waals surface area contributed by atoms with Gasteiger partial charge in [0.2, 0.25) is 5.88 Å². The van der Waals surface area contributed by atoms with Crippen molar-refractivity contribution in [3.8, 4) is 11.1 Å². The van der Waals surface area contributed by atoms with E-state index in [1.807, 2.05) is 18.2 Å². The molecule has 9 nitrogen and oxygen atoms in total. The predicted octanol–water partition coefficient (Wildman–Crippen LogP) is 6.24. The fraction of sp³-hybridized carbons (Fsp3) is 0.161. The van der Waals surface area contributed by atoms with E-state index in [4.69, 9.17) is 8.94 Å². The van der Waals surface area contributed by atoms with Gasteiger partial charge in [-0.1, -0.05) is 23.4 Å².